The van der Waals surface area contributed by atoms with E-state index in [1.165, 1.54) is 4.90 Å². The summed E-state index contributed by atoms with van der Waals surface area (Å²) >= 11 is 0. The first-order valence-electron chi connectivity index (χ1n) is 6.54. The number of benzene rings is 1. The van der Waals surface area contributed by atoms with Crippen molar-refractivity contribution in [3.05, 3.63) is 30.3 Å². The number of hydrogen-bond donors (Lipinski definition) is 2. The fraction of sp³-hybridized carbons (Fsp3) is 0.429. The molecule has 110 valence electrons. The number of hydrogen-bond acceptors (Lipinski definition) is 4. The number of ether oxygens (including phenoxy) is 1. The van der Waals surface area contributed by atoms with Crippen LogP contribution in [0.5, 0.6) is 0 Å². The average Bonchev–Trinajstić information content (AvgIpc) is 2.48. The Kier molecular flexibility index (Phi) is 7.31. The average molecular weight is 280 g/mol. The van der Waals surface area contributed by atoms with Gasteiger partial charge in [-0.3, -0.25) is 9.59 Å². The van der Waals surface area contributed by atoms with Gasteiger partial charge in [-0.1, -0.05) is 18.2 Å². The maximum Gasteiger partial charge on any atom is 0.316 e. The van der Waals surface area contributed by atoms with Crippen LogP contribution in [0.3, 0.4) is 0 Å². The van der Waals surface area contributed by atoms with Crippen LogP contribution in [-0.2, 0) is 14.3 Å². The Morgan fingerprint density at radius 2 is 1.95 bits per heavy atom. The van der Waals surface area contributed by atoms with E-state index >= 15 is 0 Å². The quantitative estimate of drug-likeness (QED) is 0.551. The van der Waals surface area contributed by atoms with Crippen molar-refractivity contribution >= 4 is 17.5 Å². The van der Waals surface area contributed by atoms with Gasteiger partial charge in [0.05, 0.1) is 19.8 Å². The highest BCUT2D eigenvalue weighted by molar-refractivity contribution is 6.40. The first-order chi connectivity index (χ1) is 9.70. The molecule has 1 aromatic rings. The lowest BCUT2D eigenvalue weighted by molar-refractivity contribution is -0.137. The molecule has 0 aliphatic rings. The molecule has 0 bridgehead atoms. The number of carbonyl (C=O) groups excluding carboxylic acids is 2. The van der Waals surface area contributed by atoms with E-state index in [1.54, 1.807) is 12.1 Å². The number of nitrogens with zero attached hydrogens (tertiary/aromatic N) is 1. The van der Waals surface area contributed by atoms with Crippen molar-refractivity contribution in [3.8, 4) is 0 Å². The summed E-state index contributed by atoms with van der Waals surface area (Å²) in [5.41, 5.74) is 0.687. The zero-order valence-corrected chi connectivity index (χ0v) is 11.5. The van der Waals surface area contributed by atoms with Gasteiger partial charge < -0.3 is 20.1 Å². The lowest BCUT2D eigenvalue weighted by Crippen LogP contribution is -2.44. The van der Waals surface area contributed by atoms with Gasteiger partial charge in [0.15, 0.2) is 0 Å². The molecule has 6 heteroatoms. The van der Waals surface area contributed by atoms with Crippen LogP contribution in [0.4, 0.5) is 5.69 Å². The second-order valence-corrected chi connectivity index (χ2v) is 3.98. The van der Waals surface area contributed by atoms with Crippen LogP contribution in [0.2, 0.25) is 0 Å². The van der Waals surface area contributed by atoms with Gasteiger partial charge in [-0.05, 0) is 19.1 Å². The van der Waals surface area contributed by atoms with E-state index in [1.807, 2.05) is 25.1 Å². The molecule has 0 aliphatic carbocycles. The van der Waals surface area contributed by atoms with Crippen LogP contribution in [-0.4, -0.2) is 49.8 Å². The minimum absolute atomic E-state index is 0.0650. The molecule has 0 saturated heterocycles. The van der Waals surface area contributed by atoms with Crippen molar-refractivity contribution in [1.82, 2.24) is 5.32 Å². The monoisotopic (exact) mass is 280 g/mol. The van der Waals surface area contributed by atoms with E-state index in [0.717, 1.165) is 0 Å². The van der Waals surface area contributed by atoms with Gasteiger partial charge in [-0.25, -0.2) is 0 Å². The molecule has 0 atom stereocenters. The maximum atomic E-state index is 12.0. The summed E-state index contributed by atoms with van der Waals surface area (Å²) < 4.78 is 4.99. The summed E-state index contributed by atoms with van der Waals surface area (Å²) in [5.74, 6) is -1.26. The minimum atomic E-state index is -0.664. The normalized spacial score (nSPS) is 10.1. The lowest BCUT2D eigenvalue weighted by atomic mass is 10.3. The van der Waals surface area contributed by atoms with Gasteiger partial charge in [-0.2, -0.15) is 0 Å². The number of anilines is 1. The third-order valence-corrected chi connectivity index (χ3v) is 2.59. The number of nitrogens with one attached hydrogen (secondary N) is 1. The molecular formula is C14H20N2O4. The highest BCUT2D eigenvalue weighted by Crippen LogP contribution is 2.12. The van der Waals surface area contributed by atoms with Crippen LogP contribution in [0.15, 0.2) is 30.3 Å². The molecule has 2 N–H and O–H groups in total. The van der Waals surface area contributed by atoms with Gasteiger partial charge in [0.1, 0.15) is 0 Å². The summed E-state index contributed by atoms with van der Waals surface area (Å²) in [6.07, 6.45) is 0. The van der Waals surface area contributed by atoms with E-state index in [9.17, 15) is 9.59 Å². The van der Waals surface area contributed by atoms with Crippen LogP contribution in [0.1, 0.15) is 6.92 Å². The SMILES string of the molecule is CCN(C(=O)C(=O)NCCOCCO)c1ccccc1. The molecule has 0 aromatic heterocycles. The molecule has 0 aliphatic heterocycles. The summed E-state index contributed by atoms with van der Waals surface area (Å²) in [5, 5.41) is 11.0. The zero-order chi connectivity index (χ0) is 14.8. The van der Waals surface area contributed by atoms with Gasteiger partial charge in [0.2, 0.25) is 0 Å². The topological polar surface area (TPSA) is 78.9 Å². The number of amides is 2. The second-order valence-electron chi connectivity index (χ2n) is 3.98. The van der Waals surface area contributed by atoms with Crippen LogP contribution >= 0.6 is 0 Å². The molecule has 0 radical (unpaired) electrons. The highest BCUT2D eigenvalue weighted by atomic mass is 16.5. The molecule has 20 heavy (non-hydrogen) atoms. The van der Waals surface area contributed by atoms with Gasteiger partial charge >= 0.3 is 11.8 Å². The van der Waals surface area contributed by atoms with E-state index in [2.05, 4.69) is 5.32 Å². The lowest BCUT2D eigenvalue weighted by Gasteiger charge is -2.20. The molecular weight excluding hydrogens is 260 g/mol. The van der Waals surface area contributed by atoms with Crippen LogP contribution < -0.4 is 10.2 Å². The predicted octanol–water partition coefficient (Wildman–Crippen LogP) is 0.165. The zero-order valence-electron chi connectivity index (χ0n) is 11.5. The van der Waals surface area contributed by atoms with Crippen molar-refractivity contribution in [3.63, 3.8) is 0 Å². The third kappa shape index (κ3) is 4.99. The number of aliphatic hydroxyl groups is 1. The Morgan fingerprint density at radius 1 is 1.25 bits per heavy atom. The van der Waals surface area contributed by atoms with Gasteiger partial charge in [0, 0.05) is 18.8 Å². The van der Waals surface area contributed by atoms with E-state index < -0.39 is 11.8 Å². The Hall–Kier alpha value is -1.92. The van der Waals surface area contributed by atoms with Crippen molar-refractivity contribution in [2.45, 2.75) is 6.92 Å². The third-order valence-electron chi connectivity index (χ3n) is 2.59. The number of para-hydroxylation sites is 1. The summed E-state index contributed by atoms with van der Waals surface area (Å²) in [4.78, 5) is 25.2. The van der Waals surface area contributed by atoms with Gasteiger partial charge in [0.25, 0.3) is 0 Å². The fourth-order valence-electron chi connectivity index (χ4n) is 1.65. The number of likely N-dealkylation sites (N-methyl/N-ethyl adjacent to an activating group) is 1. The number of rotatable bonds is 7. The summed E-state index contributed by atoms with van der Waals surface area (Å²) in [6, 6.07) is 9.02. The molecule has 6 nitrogen and oxygen atoms in total. The molecule has 1 aromatic carbocycles. The van der Waals surface area contributed by atoms with Crippen molar-refractivity contribution < 1.29 is 19.4 Å². The first kappa shape index (κ1) is 16.1. The van der Waals surface area contributed by atoms with Crippen molar-refractivity contribution in [2.24, 2.45) is 0 Å². The Balaban J connectivity index is 2.48. The minimum Gasteiger partial charge on any atom is -0.394 e. The molecule has 0 heterocycles. The molecule has 1 rings (SSSR count). The Bertz CT molecular complexity index is 422. The second kappa shape index (κ2) is 9.06. The standard InChI is InChI=1S/C14H20N2O4/c1-2-16(12-6-4-3-5-7-12)14(19)13(18)15-8-10-20-11-9-17/h3-7,17H,2,8-11H2,1H3,(H,15,18). The number of aliphatic hydroxyl groups excluding tert-OH is 1. The predicted molar refractivity (Wildman–Crippen MR) is 75.4 cm³/mol. The van der Waals surface area contributed by atoms with Crippen LogP contribution in [0.25, 0.3) is 0 Å². The van der Waals surface area contributed by atoms with E-state index in [0.29, 0.717) is 12.2 Å². The fourth-order valence-corrected chi connectivity index (χ4v) is 1.65. The molecule has 0 fully saturated rings. The van der Waals surface area contributed by atoms with E-state index in [-0.39, 0.29) is 26.4 Å². The maximum absolute atomic E-state index is 12.0. The smallest absolute Gasteiger partial charge is 0.316 e. The molecule has 0 saturated carbocycles. The summed E-state index contributed by atoms with van der Waals surface area (Å²) in [7, 11) is 0. The first-order valence-corrected chi connectivity index (χ1v) is 6.54. The van der Waals surface area contributed by atoms with Gasteiger partial charge in [-0.15, -0.1) is 0 Å². The summed E-state index contributed by atoms with van der Waals surface area (Å²) in [6.45, 7) is 2.87. The van der Waals surface area contributed by atoms with E-state index in [4.69, 9.17) is 9.84 Å². The number of carbonyl (C=O) groups is 2. The Morgan fingerprint density at radius 3 is 2.55 bits per heavy atom. The Labute approximate surface area is 118 Å². The molecule has 2 amide bonds. The largest absolute Gasteiger partial charge is 0.394 e. The van der Waals surface area contributed by atoms with Crippen molar-refractivity contribution in [2.75, 3.05) is 37.8 Å². The highest BCUT2D eigenvalue weighted by Gasteiger charge is 2.21. The van der Waals surface area contributed by atoms with Crippen LogP contribution in [0, 0.1) is 0 Å². The molecule has 0 unspecified atom stereocenters. The van der Waals surface area contributed by atoms with Crippen molar-refractivity contribution in [1.29, 1.82) is 0 Å². The molecule has 0 spiro atoms.